The fourth-order valence-electron chi connectivity index (χ4n) is 2.18. The van der Waals surface area contributed by atoms with Gasteiger partial charge >= 0.3 is 5.97 Å². The number of benzene rings is 1. The van der Waals surface area contributed by atoms with Crippen molar-refractivity contribution in [1.29, 1.82) is 0 Å². The van der Waals surface area contributed by atoms with Gasteiger partial charge < -0.3 is 9.15 Å². The van der Waals surface area contributed by atoms with Crippen LogP contribution in [0.2, 0.25) is 0 Å². The van der Waals surface area contributed by atoms with Crippen LogP contribution in [0.3, 0.4) is 0 Å². The largest absolute Gasteiger partial charge is 0.463 e. The Kier molecular flexibility index (Phi) is 5.10. The summed E-state index contributed by atoms with van der Waals surface area (Å²) in [6, 6.07) is 10.4. The maximum atomic E-state index is 12.5. The number of ether oxygens (including phenoxy) is 1. The Morgan fingerprint density at radius 1 is 1.24 bits per heavy atom. The van der Waals surface area contributed by atoms with Crippen molar-refractivity contribution in [1.82, 2.24) is 4.90 Å². The molecule has 1 aliphatic heterocycles. The van der Waals surface area contributed by atoms with Crippen LogP contribution >= 0.6 is 27.7 Å². The van der Waals surface area contributed by atoms with Gasteiger partial charge in [-0.3, -0.25) is 14.5 Å². The predicted octanol–water partition coefficient (Wildman–Crippen LogP) is 4.07. The summed E-state index contributed by atoms with van der Waals surface area (Å²) in [5, 5.41) is -0.385. The number of halogens is 1. The highest BCUT2D eigenvalue weighted by Crippen LogP contribution is 2.33. The molecule has 0 unspecified atom stereocenters. The molecular formula is C17H12BrNO5S. The van der Waals surface area contributed by atoms with Crippen LogP contribution in [0.4, 0.5) is 4.79 Å². The van der Waals surface area contributed by atoms with E-state index >= 15 is 0 Å². The fourth-order valence-corrected chi connectivity index (χ4v) is 3.28. The summed E-state index contributed by atoms with van der Waals surface area (Å²) in [6.07, 6.45) is 1.67. The van der Waals surface area contributed by atoms with E-state index in [-0.39, 0.29) is 17.5 Å². The van der Waals surface area contributed by atoms with E-state index in [4.69, 9.17) is 4.42 Å². The number of amides is 2. The summed E-state index contributed by atoms with van der Waals surface area (Å²) in [4.78, 5) is 37.4. The zero-order chi connectivity index (χ0) is 18.0. The molecule has 2 amide bonds. The molecule has 0 bridgehead atoms. The number of carbonyl (C=O) groups excluding carboxylic acids is 3. The highest BCUT2D eigenvalue weighted by atomic mass is 79.9. The third kappa shape index (κ3) is 3.85. The summed E-state index contributed by atoms with van der Waals surface area (Å²) in [6.45, 7) is -0.0423. The van der Waals surface area contributed by atoms with Crippen molar-refractivity contribution in [3.05, 3.63) is 62.9 Å². The third-order valence-corrected chi connectivity index (χ3v) is 4.84. The maximum Gasteiger partial charge on any atom is 0.373 e. The van der Waals surface area contributed by atoms with Crippen molar-refractivity contribution in [3.63, 3.8) is 0 Å². The number of hydrogen-bond donors (Lipinski definition) is 0. The second-order valence-electron chi connectivity index (χ2n) is 5.08. The van der Waals surface area contributed by atoms with Gasteiger partial charge in [0.15, 0.2) is 0 Å². The summed E-state index contributed by atoms with van der Waals surface area (Å²) in [7, 11) is 1.24. The van der Waals surface area contributed by atoms with E-state index < -0.39 is 11.9 Å². The van der Waals surface area contributed by atoms with E-state index in [9.17, 15) is 14.4 Å². The highest BCUT2D eigenvalue weighted by Gasteiger charge is 2.35. The molecule has 1 aromatic heterocycles. The molecule has 1 fully saturated rings. The molecule has 128 valence electrons. The summed E-state index contributed by atoms with van der Waals surface area (Å²) >= 11 is 4.22. The number of thioether (sulfide) groups is 1. The normalized spacial score (nSPS) is 15.9. The maximum absolute atomic E-state index is 12.5. The monoisotopic (exact) mass is 421 g/mol. The van der Waals surface area contributed by atoms with Gasteiger partial charge in [0, 0.05) is 4.47 Å². The van der Waals surface area contributed by atoms with Gasteiger partial charge in [0.05, 0.1) is 18.6 Å². The quantitative estimate of drug-likeness (QED) is 0.546. The molecule has 1 saturated heterocycles. The van der Waals surface area contributed by atoms with Gasteiger partial charge in [-0.05, 0) is 47.7 Å². The molecular weight excluding hydrogens is 410 g/mol. The van der Waals surface area contributed by atoms with Crippen LogP contribution in [0.25, 0.3) is 6.08 Å². The number of hydrogen-bond acceptors (Lipinski definition) is 6. The van der Waals surface area contributed by atoms with Gasteiger partial charge in [0.25, 0.3) is 11.1 Å². The Morgan fingerprint density at radius 2 is 1.96 bits per heavy atom. The Bertz CT molecular complexity index is 871. The zero-order valence-electron chi connectivity index (χ0n) is 13.0. The molecule has 3 rings (SSSR count). The Balaban J connectivity index is 1.76. The third-order valence-electron chi connectivity index (χ3n) is 3.40. The van der Waals surface area contributed by atoms with Crippen molar-refractivity contribution in [2.75, 3.05) is 7.11 Å². The van der Waals surface area contributed by atoms with Crippen LogP contribution in [-0.4, -0.2) is 29.1 Å². The van der Waals surface area contributed by atoms with Crippen LogP contribution in [0.1, 0.15) is 21.9 Å². The van der Waals surface area contributed by atoms with Gasteiger partial charge in [-0.2, -0.15) is 0 Å². The second-order valence-corrected chi connectivity index (χ2v) is 6.99. The standard InChI is InChI=1S/C17H12BrNO5S/c1-23-16(21)13-7-6-12(24-13)9-19-15(20)14(25-17(19)22)8-10-2-4-11(18)5-3-10/h2-8H,9H2,1H3. The van der Waals surface area contributed by atoms with Gasteiger partial charge in [0.2, 0.25) is 5.76 Å². The smallest absolute Gasteiger partial charge is 0.373 e. The number of methoxy groups -OCH3 is 1. The number of esters is 1. The Morgan fingerprint density at radius 3 is 2.64 bits per heavy atom. The van der Waals surface area contributed by atoms with Crippen LogP contribution in [-0.2, 0) is 16.1 Å². The molecule has 25 heavy (non-hydrogen) atoms. The minimum Gasteiger partial charge on any atom is -0.463 e. The molecule has 6 nitrogen and oxygen atoms in total. The Labute approximate surface area is 155 Å². The molecule has 1 aromatic carbocycles. The number of furan rings is 1. The lowest BCUT2D eigenvalue weighted by Gasteiger charge is -2.09. The first kappa shape index (κ1) is 17.5. The topological polar surface area (TPSA) is 76.8 Å². The minimum absolute atomic E-state index is 0.0230. The lowest BCUT2D eigenvalue weighted by molar-refractivity contribution is -0.123. The van der Waals surface area contributed by atoms with E-state index in [0.717, 1.165) is 26.7 Å². The van der Waals surface area contributed by atoms with E-state index in [0.29, 0.717) is 10.7 Å². The van der Waals surface area contributed by atoms with E-state index in [2.05, 4.69) is 20.7 Å². The van der Waals surface area contributed by atoms with Gasteiger partial charge in [-0.25, -0.2) is 4.79 Å². The number of carbonyl (C=O) groups is 3. The number of imide groups is 1. The molecule has 0 saturated carbocycles. The number of nitrogens with zero attached hydrogens (tertiary/aromatic N) is 1. The average Bonchev–Trinajstić information content (AvgIpc) is 3.17. The number of rotatable bonds is 4. The van der Waals surface area contributed by atoms with Crippen LogP contribution in [0.5, 0.6) is 0 Å². The van der Waals surface area contributed by atoms with Crippen LogP contribution < -0.4 is 0 Å². The zero-order valence-corrected chi connectivity index (χ0v) is 15.4. The van der Waals surface area contributed by atoms with E-state index in [1.54, 1.807) is 6.08 Å². The molecule has 0 spiro atoms. The lowest BCUT2D eigenvalue weighted by atomic mass is 10.2. The SMILES string of the molecule is COC(=O)c1ccc(CN2C(=O)SC(=Cc3ccc(Br)cc3)C2=O)o1. The highest BCUT2D eigenvalue weighted by molar-refractivity contribution is 9.10. The first-order valence-corrected chi connectivity index (χ1v) is 8.77. The van der Waals surface area contributed by atoms with Gasteiger partial charge in [-0.15, -0.1) is 0 Å². The molecule has 1 aliphatic rings. The summed E-state index contributed by atoms with van der Waals surface area (Å²) < 4.78 is 10.8. The fraction of sp³-hybridized carbons (Fsp3) is 0.118. The molecule has 0 atom stereocenters. The first-order chi connectivity index (χ1) is 12.0. The van der Waals surface area contributed by atoms with Gasteiger partial charge in [-0.1, -0.05) is 28.1 Å². The molecule has 2 aromatic rings. The van der Waals surface area contributed by atoms with Crippen LogP contribution in [0.15, 0.2) is 50.2 Å². The van der Waals surface area contributed by atoms with Crippen molar-refractivity contribution >= 4 is 50.9 Å². The van der Waals surface area contributed by atoms with Gasteiger partial charge in [0.1, 0.15) is 5.76 Å². The van der Waals surface area contributed by atoms with Crippen molar-refractivity contribution in [2.45, 2.75) is 6.54 Å². The van der Waals surface area contributed by atoms with Crippen molar-refractivity contribution in [2.24, 2.45) is 0 Å². The van der Waals surface area contributed by atoms with E-state index in [1.165, 1.54) is 19.2 Å². The average molecular weight is 422 g/mol. The Hall–Kier alpha value is -2.32. The summed E-state index contributed by atoms with van der Waals surface area (Å²) in [5.74, 6) is -0.660. The molecule has 2 heterocycles. The van der Waals surface area contributed by atoms with Crippen molar-refractivity contribution in [3.8, 4) is 0 Å². The summed E-state index contributed by atoms with van der Waals surface area (Å²) in [5.41, 5.74) is 0.819. The van der Waals surface area contributed by atoms with Crippen LogP contribution in [0, 0.1) is 0 Å². The second kappa shape index (κ2) is 7.28. The minimum atomic E-state index is -0.615. The lowest BCUT2D eigenvalue weighted by Crippen LogP contribution is -2.27. The molecule has 0 aliphatic carbocycles. The first-order valence-electron chi connectivity index (χ1n) is 7.16. The molecule has 8 heteroatoms. The van der Waals surface area contributed by atoms with Crippen molar-refractivity contribution < 1.29 is 23.5 Å². The predicted molar refractivity (Wildman–Crippen MR) is 95.7 cm³/mol. The molecule has 0 radical (unpaired) electrons. The van der Waals surface area contributed by atoms with E-state index in [1.807, 2.05) is 24.3 Å². The molecule has 0 N–H and O–H groups in total.